The fraction of sp³-hybridized carbons (Fsp3) is 0.0588. The van der Waals surface area contributed by atoms with Gasteiger partial charge in [-0.25, -0.2) is 0 Å². The molecule has 0 radical (unpaired) electrons. The van der Waals surface area contributed by atoms with E-state index >= 15 is 0 Å². The third-order valence-corrected chi connectivity index (χ3v) is 11.2. The Labute approximate surface area is 305 Å². The van der Waals surface area contributed by atoms with Crippen LogP contribution >= 0.6 is 0 Å². The first-order valence-electron chi connectivity index (χ1n) is 18.2. The van der Waals surface area contributed by atoms with Crippen LogP contribution in [0.2, 0.25) is 0 Å². The second-order valence-corrected chi connectivity index (χ2v) is 14.6. The summed E-state index contributed by atoms with van der Waals surface area (Å²) in [5.41, 5.74) is 13.6. The van der Waals surface area contributed by atoms with Crippen molar-refractivity contribution in [3.63, 3.8) is 0 Å². The monoisotopic (exact) mass is 663 g/mol. The molecule has 0 N–H and O–H groups in total. The molecule has 0 atom stereocenters. The fourth-order valence-electron chi connectivity index (χ4n) is 8.70. The van der Waals surface area contributed by atoms with Crippen molar-refractivity contribution in [1.29, 1.82) is 0 Å². The highest BCUT2D eigenvalue weighted by molar-refractivity contribution is 6.12. The lowest BCUT2D eigenvalue weighted by atomic mass is 9.81. The molecule has 246 valence electrons. The molecule has 0 fully saturated rings. The molecule has 1 nitrogen and oxygen atoms in total. The molecule has 0 unspecified atom stereocenters. The van der Waals surface area contributed by atoms with Gasteiger partial charge in [-0.1, -0.05) is 166 Å². The molecular weight excluding hydrogens is 627 g/mol. The molecular formula is C51H37N. The van der Waals surface area contributed by atoms with Crippen LogP contribution in [0, 0.1) is 0 Å². The van der Waals surface area contributed by atoms with Gasteiger partial charge in [0.15, 0.2) is 0 Å². The van der Waals surface area contributed by atoms with E-state index in [1.807, 2.05) is 0 Å². The summed E-state index contributed by atoms with van der Waals surface area (Å²) in [6, 6.07) is 69.2. The minimum atomic E-state index is -0.159. The van der Waals surface area contributed by atoms with E-state index in [0.29, 0.717) is 0 Å². The van der Waals surface area contributed by atoms with Gasteiger partial charge in [-0.15, -0.1) is 0 Å². The van der Waals surface area contributed by atoms with E-state index in [2.05, 4.69) is 207 Å². The highest BCUT2D eigenvalue weighted by Gasteiger charge is 2.38. The standard InChI is InChI=1S/C51H37N/c1-51(2)48-20-9-8-16-46(48)47-19-11-21-49(50(47)51)52(41-30-26-38-32-37(22-23-39(38)33-41)34-12-4-3-5-13-34)40-28-24-36(25-29-40)43-17-10-18-44-42-15-7-6-14-35(42)27-31-45(43)44/h3-33H,1-2H3. The molecule has 0 aromatic heterocycles. The third kappa shape index (κ3) is 4.77. The first-order chi connectivity index (χ1) is 25.5. The molecule has 10 rings (SSSR count). The van der Waals surface area contributed by atoms with Gasteiger partial charge in [-0.2, -0.15) is 0 Å². The summed E-state index contributed by atoms with van der Waals surface area (Å²) >= 11 is 0. The summed E-state index contributed by atoms with van der Waals surface area (Å²) in [6.07, 6.45) is 0. The number of rotatable bonds is 5. The van der Waals surface area contributed by atoms with Crippen molar-refractivity contribution in [2.45, 2.75) is 19.3 Å². The lowest BCUT2D eigenvalue weighted by molar-refractivity contribution is 0.661. The van der Waals surface area contributed by atoms with E-state index in [1.165, 1.54) is 82.5 Å². The first kappa shape index (κ1) is 30.4. The summed E-state index contributed by atoms with van der Waals surface area (Å²) in [7, 11) is 0. The first-order valence-corrected chi connectivity index (χ1v) is 18.2. The zero-order valence-corrected chi connectivity index (χ0v) is 29.3. The maximum atomic E-state index is 2.47. The van der Waals surface area contributed by atoms with Crippen molar-refractivity contribution in [2.24, 2.45) is 0 Å². The number of hydrogen-bond donors (Lipinski definition) is 0. The quantitative estimate of drug-likeness (QED) is 0.166. The van der Waals surface area contributed by atoms with Crippen molar-refractivity contribution in [3.8, 4) is 33.4 Å². The second kappa shape index (κ2) is 11.8. The van der Waals surface area contributed by atoms with Gasteiger partial charge < -0.3 is 4.90 Å². The maximum absolute atomic E-state index is 2.47. The molecule has 0 heterocycles. The maximum Gasteiger partial charge on any atom is 0.0508 e. The molecule has 52 heavy (non-hydrogen) atoms. The van der Waals surface area contributed by atoms with Crippen LogP contribution in [0.4, 0.5) is 17.1 Å². The Balaban J connectivity index is 1.13. The highest BCUT2D eigenvalue weighted by atomic mass is 15.1. The smallest absolute Gasteiger partial charge is 0.0508 e. The lowest BCUT2D eigenvalue weighted by Crippen LogP contribution is -2.20. The average molecular weight is 664 g/mol. The number of hydrogen-bond acceptors (Lipinski definition) is 1. The molecule has 0 aliphatic heterocycles. The Morgan fingerprint density at radius 2 is 1.00 bits per heavy atom. The molecule has 1 heteroatoms. The number of anilines is 3. The lowest BCUT2D eigenvalue weighted by Gasteiger charge is -2.32. The molecule has 0 spiro atoms. The Kier molecular flexibility index (Phi) is 6.91. The Morgan fingerprint density at radius 1 is 0.365 bits per heavy atom. The predicted molar refractivity (Wildman–Crippen MR) is 222 cm³/mol. The Hall–Kier alpha value is -6.44. The van der Waals surface area contributed by atoms with Gasteiger partial charge in [0, 0.05) is 16.8 Å². The summed E-state index contributed by atoms with van der Waals surface area (Å²) in [5, 5.41) is 7.57. The summed E-state index contributed by atoms with van der Waals surface area (Å²) in [6.45, 7) is 4.75. The average Bonchev–Trinajstić information content (AvgIpc) is 3.44. The number of benzene rings is 9. The van der Waals surface area contributed by atoms with Crippen LogP contribution in [0.1, 0.15) is 25.0 Å². The van der Waals surface area contributed by atoms with E-state index in [4.69, 9.17) is 0 Å². The van der Waals surface area contributed by atoms with Gasteiger partial charge in [0.2, 0.25) is 0 Å². The zero-order chi connectivity index (χ0) is 34.8. The van der Waals surface area contributed by atoms with Gasteiger partial charge in [-0.05, 0) is 113 Å². The van der Waals surface area contributed by atoms with Crippen molar-refractivity contribution in [2.75, 3.05) is 4.90 Å². The van der Waals surface area contributed by atoms with E-state index in [0.717, 1.165) is 11.4 Å². The Morgan fingerprint density at radius 3 is 1.88 bits per heavy atom. The molecule has 0 saturated heterocycles. The van der Waals surface area contributed by atoms with Crippen molar-refractivity contribution in [3.05, 3.63) is 199 Å². The van der Waals surface area contributed by atoms with Crippen LogP contribution in [-0.4, -0.2) is 0 Å². The number of fused-ring (bicyclic) bond motifs is 7. The van der Waals surface area contributed by atoms with Crippen LogP contribution in [0.3, 0.4) is 0 Å². The molecule has 0 bridgehead atoms. The van der Waals surface area contributed by atoms with E-state index < -0.39 is 0 Å². The normalized spacial score (nSPS) is 13.0. The largest absolute Gasteiger partial charge is 0.310 e. The van der Waals surface area contributed by atoms with Gasteiger partial charge in [0.05, 0.1) is 5.69 Å². The van der Waals surface area contributed by atoms with Gasteiger partial charge in [-0.3, -0.25) is 0 Å². The summed E-state index contributed by atoms with van der Waals surface area (Å²) in [5.74, 6) is 0. The van der Waals surface area contributed by atoms with Gasteiger partial charge in [0.25, 0.3) is 0 Å². The third-order valence-electron chi connectivity index (χ3n) is 11.2. The second-order valence-electron chi connectivity index (χ2n) is 14.6. The molecule has 9 aromatic carbocycles. The number of nitrogens with zero attached hydrogens (tertiary/aromatic N) is 1. The van der Waals surface area contributed by atoms with Crippen molar-refractivity contribution in [1.82, 2.24) is 0 Å². The van der Waals surface area contributed by atoms with Crippen LogP contribution in [0.25, 0.3) is 65.7 Å². The zero-order valence-electron chi connectivity index (χ0n) is 29.3. The molecule has 1 aliphatic carbocycles. The van der Waals surface area contributed by atoms with E-state index in [1.54, 1.807) is 0 Å². The topological polar surface area (TPSA) is 3.24 Å². The highest BCUT2D eigenvalue weighted by Crippen LogP contribution is 2.54. The van der Waals surface area contributed by atoms with Crippen LogP contribution < -0.4 is 4.90 Å². The SMILES string of the molecule is CC1(C)c2ccccc2-c2cccc(N(c3ccc(-c4cccc5c4ccc4ccccc45)cc3)c3ccc4cc(-c5ccccc5)ccc4c3)c21. The molecule has 1 aliphatic rings. The fourth-order valence-corrected chi connectivity index (χ4v) is 8.70. The molecule has 0 saturated carbocycles. The van der Waals surface area contributed by atoms with Crippen LogP contribution in [-0.2, 0) is 5.41 Å². The van der Waals surface area contributed by atoms with E-state index in [9.17, 15) is 0 Å². The van der Waals surface area contributed by atoms with Gasteiger partial charge in [0.1, 0.15) is 0 Å². The van der Waals surface area contributed by atoms with Crippen LogP contribution in [0.15, 0.2) is 188 Å². The minimum absolute atomic E-state index is 0.159. The summed E-state index contributed by atoms with van der Waals surface area (Å²) < 4.78 is 0. The molecule has 9 aromatic rings. The summed E-state index contributed by atoms with van der Waals surface area (Å²) in [4.78, 5) is 2.47. The Bertz CT molecular complexity index is 2810. The van der Waals surface area contributed by atoms with Crippen molar-refractivity contribution < 1.29 is 0 Å². The van der Waals surface area contributed by atoms with Gasteiger partial charge >= 0.3 is 0 Å². The van der Waals surface area contributed by atoms with E-state index in [-0.39, 0.29) is 5.41 Å². The van der Waals surface area contributed by atoms with Crippen LogP contribution in [0.5, 0.6) is 0 Å². The predicted octanol–water partition coefficient (Wildman–Crippen LogP) is 14.3. The molecule has 0 amide bonds. The van der Waals surface area contributed by atoms with Crippen molar-refractivity contribution >= 4 is 49.4 Å². The minimum Gasteiger partial charge on any atom is -0.310 e.